The minimum Gasteiger partial charge on any atom is -0.288 e. The lowest BCUT2D eigenvalue weighted by Gasteiger charge is -2.26. The molecule has 2 amide bonds. The van der Waals surface area contributed by atoms with Crippen LogP contribution in [0.2, 0.25) is 0 Å². The van der Waals surface area contributed by atoms with Crippen molar-refractivity contribution in [3.05, 3.63) is 10.6 Å². The van der Waals surface area contributed by atoms with Gasteiger partial charge in [0, 0.05) is 0 Å². The summed E-state index contributed by atoms with van der Waals surface area (Å²) in [6.45, 7) is 9.07. The molecule has 3 heterocycles. The molecule has 2 fully saturated rings. The molecule has 116 valence electrons. The molecular weight excluding hydrogens is 300 g/mol. The fourth-order valence-corrected chi connectivity index (χ4v) is 11.4. The molecule has 3 aliphatic rings. The Kier molecular flexibility index (Phi) is 4.27. The summed E-state index contributed by atoms with van der Waals surface area (Å²) in [5.41, 5.74) is 2.33. The average molecular weight is 325 g/mol. The van der Waals surface area contributed by atoms with E-state index in [1.807, 2.05) is 0 Å². The zero-order valence-electron chi connectivity index (χ0n) is 13.3. The topological polar surface area (TPSA) is 46.2 Å². The first-order valence-corrected chi connectivity index (χ1v) is 11.0. The summed E-state index contributed by atoms with van der Waals surface area (Å²) in [4.78, 5) is 25.0. The maximum atomic E-state index is 12.5. The van der Waals surface area contributed by atoms with Gasteiger partial charge < -0.3 is 0 Å². The number of hydrogen-bond acceptors (Lipinski definition) is 2. The van der Waals surface area contributed by atoms with Crippen LogP contribution < -0.4 is 5.32 Å². The second-order valence-electron chi connectivity index (χ2n) is 6.85. The second kappa shape index (κ2) is 5.74. The Balaban J connectivity index is 2.07. The molecule has 0 bridgehead atoms. The smallest absolute Gasteiger partial charge is 0.259 e. The van der Waals surface area contributed by atoms with Gasteiger partial charge in [-0.25, -0.2) is 0 Å². The standard InChI is InChI=1S/C16H25NO2P2/c1-9-5-6-10(2)20(9)13-14(16(19)17-15(13)18)21-11(3)7-8-12(21)4/h9-12H,5-8H2,1-4H3,(H,17,18,19). The van der Waals surface area contributed by atoms with E-state index < -0.39 is 15.8 Å². The molecule has 0 saturated carbocycles. The fourth-order valence-electron chi connectivity index (χ4n) is 4.19. The normalized spacial score (nSPS) is 43.8. The summed E-state index contributed by atoms with van der Waals surface area (Å²) in [6, 6.07) is 0. The summed E-state index contributed by atoms with van der Waals surface area (Å²) in [7, 11) is -0.930. The van der Waals surface area contributed by atoms with E-state index in [-0.39, 0.29) is 11.8 Å². The first kappa shape index (κ1) is 15.6. The molecule has 4 atom stereocenters. The number of hydrogen-bond donors (Lipinski definition) is 1. The summed E-state index contributed by atoms with van der Waals surface area (Å²) in [5, 5.41) is 4.52. The van der Waals surface area contributed by atoms with E-state index in [1.165, 1.54) is 25.7 Å². The van der Waals surface area contributed by atoms with E-state index in [9.17, 15) is 9.59 Å². The largest absolute Gasteiger partial charge is 0.288 e. The van der Waals surface area contributed by atoms with Crippen molar-refractivity contribution in [2.75, 3.05) is 0 Å². The molecule has 3 nitrogen and oxygen atoms in total. The van der Waals surface area contributed by atoms with Crippen molar-refractivity contribution < 1.29 is 9.59 Å². The van der Waals surface area contributed by atoms with Crippen molar-refractivity contribution in [1.82, 2.24) is 5.32 Å². The molecular formula is C16H25NO2P2. The SMILES string of the molecule is CC1CCC(C)P1C1=C(P2C(C)CCC2C)C(=O)NC1=O. The number of imide groups is 1. The third-order valence-electron chi connectivity index (χ3n) is 5.30. The van der Waals surface area contributed by atoms with Gasteiger partial charge in [0.15, 0.2) is 0 Å². The van der Waals surface area contributed by atoms with Crippen LogP contribution in [-0.2, 0) is 9.59 Å². The van der Waals surface area contributed by atoms with Crippen LogP contribution in [0.15, 0.2) is 10.6 Å². The minimum atomic E-state index is -0.465. The molecule has 0 aromatic heterocycles. The van der Waals surface area contributed by atoms with Gasteiger partial charge in [-0.15, -0.1) is 0 Å². The molecule has 21 heavy (non-hydrogen) atoms. The maximum Gasteiger partial charge on any atom is 0.259 e. The van der Waals surface area contributed by atoms with Gasteiger partial charge in [-0.2, -0.15) is 0 Å². The number of nitrogens with one attached hydrogen (secondary N) is 1. The van der Waals surface area contributed by atoms with Crippen molar-refractivity contribution in [2.45, 2.75) is 76.0 Å². The molecule has 4 unspecified atom stereocenters. The Morgan fingerprint density at radius 3 is 1.29 bits per heavy atom. The molecule has 0 aromatic rings. The monoisotopic (exact) mass is 325 g/mol. The minimum absolute atomic E-state index is 0.0597. The van der Waals surface area contributed by atoms with Gasteiger partial charge >= 0.3 is 0 Å². The molecule has 0 radical (unpaired) electrons. The number of rotatable bonds is 2. The van der Waals surface area contributed by atoms with Crippen LogP contribution in [0.4, 0.5) is 0 Å². The molecule has 2 saturated heterocycles. The Bertz CT molecular complexity index is 452. The number of carbonyl (C=O) groups is 2. The number of amides is 2. The maximum absolute atomic E-state index is 12.5. The highest BCUT2D eigenvalue weighted by molar-refractivity contribution is 7.70. The van der Waals surface area contributed by atoms with Crippen LogP contribution in [0.1, 0.15) is 53.4 Å². The van der Waals surface area contributed by atoms with Crippen LogP contribution in [0.5, 0.6) is 0 Å². The van der Waals surface area contributed by atoms with Crippen molar-refractivity contribution >= 4 is 27.7 Å². The van der Waals surface area contributed by atoms with Gasteiger partial charge in [0.2, 0.25) is 0 Å². The lowest BCUT2D eigenvalue weighted by molar-refractivity contribution is -0.123. The van der Waals surface area contributed by atoms with E-state index in [1.54, 1.807) is 0 Å². The number of carbonyl (C=O) groups excluding carboxylic acids is 2. The van der Waals surface area contributed by atoms with Gasteiger partial charge in [-0.1, -0.05) is 43.5 Å². The lowest BCUT2D eigenvalue weighted by atomic mass is 10.2. The van der Waals surface area contributed by atoms with E-state index in [0.717, 1.165) is 10.6 Å². The van der Waals surface area contributed by atoms with E-state index in [4.69, 9.17) is 0 Å². The highest BCUT2D eigenvalue weighted by Gasteiger charge is 2.47. The highest BCUT2D eigenvalue weighted by Crippen LogP contribution is 2.69. The van der Waals surface area contributed by atoms with Gasteiger partial charge in [-0.05, 0) is 48.3 Å². The first-order valence-electron chi connectivity index (χ1n) is 8.08. The van der Waals surface area contributed by atoms with Crippen LogP contribution in [0.25, 0.3) is 0 Å². The third-order valence-corrected chi connectivity index (χ3v) is 12.2. The summed E-state index contributed by atoms with van der Waals surface area (Å²) in [5.74, 6) is -0.119. The van der Waals surface area contributed by atoms with Crippen molar-refractivity contribution in [1.29, 1.82) is 0 Å². The van der Waals surface area contributed by atoms with Crippen LogP contribution in [0.3, 0.4) is 0 Å². The predicted octanol–water partition coefficient (Wildman–Crippen LogP) is 3.96. The Hall–Kier alpha value is -0.260. The highest BCUT2D eigenvalue weighted by atomic mass is 31.1. The molecule has 0 spiro atoms. The van der Waals surface area contributed by atoms with Crippen LogP contribution in [-0.4, -0.2) is 34.5 Å². The van der Waals surface area contributed by atoms with Gasteiger partial charge in [0.1, 0.15) is 0 Å². The Labute approximate surface area is 129 Å². The van der Waals surface area contributed by atoms with Gasteiger partial charge in [0.25, 0.3) is 11.8 Å². The van der Waals surface area contributed by atoms with E-state index in [0.29, 0.717) is 22.6 Å². The van der Waals surface area contributed by atoms with Crippen molar-refractivity contribution in [3.63, 3.8) is 0 Å². The molecule has 5 heteroatoms. The van der Waals surface area contributed by atoms with Crippen LogP contribution >= 0.6 is 15.8 Å². The van der Waals surface area contributed by atoms with E-state index >= 15 is 0 Å². The van der Waals surface area contributed by atoms with Gasteiger partial charge in [-0.3, -0.25) is 14.9 Å². The quantitative estimate of drug-likeness (QED) is 0.617. The van der Waals surface area contributed by atoms with Crippen molar-refractivity contribution in [2.24, 2.45) is 0 Å². The van der Waals surface area contributed by atoms with Crippen molar-refractivity contribution in [3.8, 4) is 0 Å². The Morgan fingerprint density at radius 1 is 0.714 bits per heavy atom. The summed E-state index contributed by atoms with van der Waals surface area (Å²) in [6.07, 6.45) is 4.81. The summed E-state index contributed by atoms with van der Waals surface area (Å²) < 4.78 is 0. The van der Waals surface area contributed by atoms with E-state index in [2.05, 4.69) is 33.0 Å². The molecule has 3 rings (SSSR count). The Morgan fingerprint density at radius 2 is 1.00 bits per heavy atom. The molecule has 0 aliphatic carbocycles. The predicted molar refractivity (Wildman–Crippen MR) is 90.3 cm³/mol. The molecule has 1 N–H and O–H groups in total. The zero-order chi connectivity index (χ0) is 15.3. The van der Waals surface area contributed by atoms with Gasteiger partial charge in [0.05, 0.1) is 10.6 Å². The summed E-state index contributed by atoms with van der Waals surface area (Å²) >= 11 is 0. The third kappa shape index (κ3) is 2.51. The molecule has 3 aliphatic heterocycles. The second-order valence-corrected chi connectivity index (χ2v) is 12.9. The fraction of sp³-hybridized carbons (Fsp3) is 0.750. The zero-order valence-corrected chi connectivity index (χ0v) is 15.1. The lowest BCUT2D eigenvalue weighted by Crippen LogP contribution is -2.23. The molecule has 0 aromatic carbocycles. The average Bonchev–Trinajstić information content (AvgIpc) is 3.00. The first-order chi connectivity index (χ1) is 9.91. The van der Waals surface area contributed by atoms with Crippen LogP contribution in [0, 0.1) is 0 Å².